The van der Waals surface area contributed by atoms with Gasteiger partial charge in [0.05, 0.1) is 11.1 Å². The minimum Gasteiger partial charge on any atom is -0.474 e. The summed E-state index contributed by atoms with van der Waals surface area (Å²) in [6, 6.07) is 15.3. The normalized spacial score (nSPS) is 17.6. The van der Waals surface area contributed by atoms with Crippen LogP contribution in [0, 0.1) is 5.82 Å². The van der Waals surface area contributed by atoms with Gasteiger partial charge >= 0.3 is 6.18 Å². The van der Waals surface area contributed by atoms with Gasteiger partial charge in [-0.15, -0.1) is 0 Å². The second-order valence-electron chi connectivity index (χ2n) is 10.4. The van der Waals surface area contributed by atoms with Crippen LogP contribution in [0.15, 0.2) is 66.9 Å². The fourth-order valence-corrected chi connectivity index (χ4v) is 5.20. The first kappa shape index (κ1) is 27.9. The Morgan fingerprint density at radius 1 is 0.900 bits per heavy atom. The van der Waals surface area contributed by atoms with E-state index in [2.05, 4.69) is 15.2 Å². The first-order valence-corrected chi connectivity index (χ1v) is 13.6. The molecule has 3 heterocycles. The molecule has 1 amide bonds. The van der Waals surface area contributed by atoms with E-state index in [1.165, 1.54) is 30.5 Å². The van der Waals surface area contributed by atoms with Crippen molar-refractivity contribution in [3.63, 3.8) is 0 Å². The minimum atomic E-state index is -4.34. The molecule has 0 radical (unpaired) electrons. The predicted octanol–water partition coefficient (Wildman–Crippen LogP) is 5.68. The summed E-state index contributed by atoms with van der Waals surface area (Å²) in [6.45, 7) is 3.80. The van der Waals surface area contributed by atoms with Crippen LogP contribution in [-0.4, -0.2) is 54.1 Å². The van der Waals surface area contributed by atoms with E-state index < -0.39 is 11.7 Å². The summed E-state index contributed by atoms with van der Waals surface area (Å²) in [7, 11) is 0. The topological polar surface area (TPSA) is 57.7 Å². The molecule has 3 aromatic rings. The Hall–Kier alpha value is -3.66. The maximum Gasteiger partial charge on any atom is 0.416 e. The van der Waals surface area contributed by atoms with Gasteiger partial charge in [0.15, 0.2) is 0 Å². The molecule has 0 unspecified atom stereocenters. The monoisotopic (exact) mass is 556 g/mol. The van der Waals surface area contributed by atoms with Gasteiger partial charge in [-0.25, -0.2) is 9.37 Å². The first-order valence-electron chi connectivity index (χ1n) is 13.6. The molecule has 0 atom stereocenters. The van der Waals surface area contributed by atoms with Crippen molar-refractivity contribution in [2.45, 2.75) is 50.6 Å². The van der Waals surface area contributed by atoms with E-state index in [9.17, 15) is 22.4 Å². The number of nitrogens with zero attached hydrogens (tertiary/aromatic N) is 3. The largest absolute Gasteiger partial charge is 0.474 e. The Bertz CT molecular complexity index is 1250. The molecular formula is C30H32F4N4O2. The van der Waals surface area contributed by atoms with Gasteiger partial charge in [0, 0.05) is 69.6 Å². The van der Waals surface area contributed by atoms with Crippen LogP contribution in [0.25, 0.3) is 0 Å². The molecule has 2 saturated heterocycles. The lowest BCUT2D eigenvalue weighted by Gasteiger charge is -2.33. The van der Waals surface area contributed by atoms with Crippen molar-refractivity contribution in [3.8, 4) is 5.88 Å². The average Bonchev–Trinajstić information content (AvgIpc) is 2.96. The summed E-state index contributed by atoms with van der Waals surface area (Å²) >= 11 is 0. The zero-order valence-corrected chi connectivity index (χ0v) is 22.0. The Morgan fingerprint density at radius 3 is 2.17 bits per heavy atom. The molecule has 0 aliphatic carbocycles. The molecule has 2 aliphatic heterocycles. The fourth-order valence-electron chi connectivity index (χ4n) is 5.20. The van der Waals surface area contributed by atoms with Crippen molar-refractivity contribution >= 4 is 11.6 Å². The summed E-state index contributed by atoms with van der Waals surface area (Å²) in [6.07, 6.45) is 0.229. The third-order valence-electron chi connectivity index (χ3n) is 7.53. The minimum absolute atomic E-state index is 0.0574. The van der Waals surface area contributed by atoms with Gasteiger partial charge in [0.25, 0.3) is 5.91 Å². The molecule has 5 rings (SSSR count). The van der Waals surface area contributed by atoms with Gasteiger partial charge in [-0.3, -0.25) is 9.69 Å². The summed E-state index contributed by atoms with van der Waals surface area (Å²) in [5.41, 5.74) is 1.65. The molecule has 1 N–H and O–H groups in total. The molecule has 2 aliphatic rings. The quantitative estimate of drug-likeness (QED) is 0.380. The Labute approximate surface area is 231 Å². The highest BCUT2D eigenvalue weighted by molar-refractivity contribution is 5.94. The molecule has 6 nitrogen and oxygen atoms in total. The van der Waals surface area contributed by atoms with E-state index in [-0.39, 0.29) is 23.9 Å². The van der Waals surface area contributed by atoms with E-state index in [1.54, 1.807) is 24.3 Å². The van der Waals surface area contributed by atoms with Gasteiger partial charge in [-0.2, -0.15) is 13.2 Å². The molecule has 0 saturated carbocycles. The van der Waals surface area contributed by atoms with E-state index >= 15 is 0 Å². The number of aromatic nitrogens is 1. The Balaban J connectivity index is 1.04. The maximum atomic E-state index is 13.1. The maximum absolute atomic E-state index is 13.1. The number of benzene rings is 2. The van der Waals surface area contributed by atoms with Crippen molar-refractivity contribution in [1.29, 1.82) is 0 Å². The highest BCUT2D eigenvalue weighted by Crippen LogP contribution is 2.31. The number of nitrogens with one attached hydrogen (secondary N) is 1. The second kappa shape index (κ2) is 12.2. The lowest BCUT2D eigenvalue weighted by atomic mass is 10.0. The highest BCUT2D eigenvalue weighted by atomic mass is 19.4. The zero-order valence-electron chi connectivity index (χ0n) is 22.0. The number of likely N-dealkylation sites (tertiary alicyclic amines) is 1. The van der Waals surface area contributed by atoms with Crippen LogP contribution in [0.5, 0.6) is 5.88 Å². The van der Waals surface area contributed by atoms with Crippen molar-refractivity contribution < 1.29 is 27.1 Å². The van der Waals surface area contributed by atoms with E-state index in [4.69, 9.17) is 4.74 Å². The number of halogens is 4. The number of rotatable bonds is 7. The van der Waals surface area contributed by atoms with E-state index in [0.29, 0.717) is 37.4 Å². The number of piperidine rings is 2. The van der Waals surface area contributed by atoms with Gasteiger partial charge < -0.3 is 15.0 Å². The summed E-state index contributed by atoms with van der Waals surface area (Å²) in [5, 5.41) is 3.10. The molecule has 0 bridgehead atoms. The number of hydrogen-bond acceptors (Lipinski definition) is 5. The van der Waals surface area contributed by atoms with Crippen LogP contribution in [0.2, 0.25) is 0 Å². The molecule has 10 heteroatoms. The van der Waals surface area contributed by atoms with E-state index in [0.717, 1.165) is 55.9 Å². The number of carbonyl (C=O) groups excluding carboxylic acids is 1. The van der Waals surface area contributed by atoms with Gasteiger partial charge in [-0.1, -0.05) is 12.1 Å². The van der Waals surface area contributed by atoms with Gasteiger partial charge in [0.1, 0.15) is 11.9 Å². The SMILES string of the molecule is O=C(NC1CCN(Cc2ccc(F)cc2)CC1)c1ccc(OC2CCN(c3ccc(C(F)(F)F)cc3)CC2)nc1. The molecule has 2 aromatic carbocycles. The number of pyridine rings is 1. The Morgan fingerprint density at radius 2 is 1.57 bits per heavy atom. The van der Waals surface area contributed by atoms with Crippen molar-refractivity contribution in [1.82, 2.24) is 15.2 Å². The van der Waals surface area contributed by atoms with Crippen molar-refractivity contribution in [2.24, 2.45) is 0 Å². The molecule has 1 aromatic heterocycles. The third-order valence-corrected chi connectivity index (χ3v) is 7.53. The van der Waals surface area contributed by atoms with Crippen molar-refractivity contribution in [3.05, 3.63) is 89.4 Å². The molecular weight excluding hydrogens is 524 g/mol. The molecule has 212 valence electrons. The van der Waals surface area contributed by atoms with Gasteiger partial charge in [-0.05, 0) is 60.9 Å². The van der Waals surface area contributed by atoms with Crippen LogP contribution < -0.4 is 15.0 Å². The standard InChI is InChI=1S/C30H32F4N4O2/c31-24-6-1-21(2-7-24)20-37-15-11-25(12-16-37)36-29(39)22-3-10-28(35-19-22)40-27-13-17-38(18-14-27)26-8-4-23(5-9-26)30(32,33)34/h1-10,19,25,27H,11-18,20H2,(H,36,39). The second-order valence-corrected chi connectivity index (χ2v) is 10.4. The first-order chi connectivity index (χ1) is 19.2. The fraction of sp³-hybridized carbons (Fsp3) is 0.400. The van der Waals surface area contributed by atoms with Crippen LogP contribution in [0.3, 0.4) is 0 Å². The zero-order chi connectivity index (χ0) is 28.1. The van der Waals surface area contributed by atoms with Gasteiger partial charge in [0.2, 0.25) is 5.88 Å². The smallest absolute Gasteiger partial charge is 0.416 e. The van der Waals surface area contributed by atoms with Crippen LogP contribution in [0.4, 0.5) is 23.2 Å². The number of ether oxygens (including phenoxy) is 1. The Kier molecular flexibility index (Phi) is 8.54. The molecule has 2 fully saturated rings. The lowest BCUT2D eigenvalue weighted by molar-refractivity contribution is -0.137. The third kappa shape index (κ3) is 7.29. The van der Waals surface area contributed by atoms with Crippen LogP contribution in [-0.2, 0) is 12.7 Å². The summed E-state index contributed by atoms with van der Waals surface area (Å²) in [4.78, 5) is 21.4. The van der Waals surface area contributed by atoms with Crippen LogP contribution in [0.1, 0.15) is 47.2 Å². The number of amides is 1. The number of carbonyl (C=O) groups is 1. The predicted molar refractivity (Wildman–Crippen MR) is 144 cm³/mol. The molecule has 0 spiro atoms. The van der Waals surface area contributed by atoms with Crippen molar-refractivity contribution in [2.75, 3.05) is 31.1 Å². The number of alkyl halides is 3. The van der Waals surface area contributed by atoms with E-state index in [1.807, 2.05) is 4.90 Å². The highest BCUT2D eigenvalue weighted by Gasteiger charge is 2.30. The average molecular weight is 557 g/mol. The summed E-state index contributed by atoms with van der Waals surface area (Å²) in [5.74, 6) is 0.0407. The van der Waals surface area contributed by atoms with Crippen LogP contribution >= 0.6 is 0 Å². The lowest BCUT2D eigenvalue weighted by Crippen LogP contribution is -2.44. The number of anilines is 1. The molecule has 40 heavy (non-hydrogen) atoms. The summed E-state index contributed by atoms with van der Waals surface area (Å²) < 4.78 is 57.6. The number of hydrogen-bond donors (Lipinski definition) is 1.